The lowest BCUT2D eigenvalue weighted by Crippen LogP contribution is -2.45. The Morgan fingerprint density at radius 2 is 1.59 bits per heavy atom. The van der Waals surface area contributed by atoms with E-state index in [2.05, 4.69) is 30.9 Å². The molecule has 0 aromatic heterocycles. The van der Waals surface area contributed by atoms with Crippen molar-refractivity contribution in [2.24, 2.45) is 5.41 Å². The molecule has 1 saturated carbocycles. The van der Waals surface area contributed by atoms with Gasteiger partial charge in [0.25, 0.3) is 0 Å². The molecule has 1 aliphatic carbocycles. The highest BCUT2D eigenvalue weighted by atomic mass is 32.2. The van der Waals surface area contributed by atoms with E-state index >= 15 is 0 Å². The zero-order valence-corrected chi connectivity index (χ0v) is 12.5. The maximum absolute atomic E-state index is 3.96. The largest absolute Gasteiger partial charge is 0.310 e. The predicted octanol–water partition coefficient (Wildman–Crippen LogP) is 4.22. The molecule has 2 fully saturated rings. The van der Waals surface area contributed by atoms with Crippen molar-refractivity contribution in [1.29, 1.82) is 0 Å². The van der Waals surface area contributed by atoms with Gasteiger partial charge in [0, 0.05) is 17.8 Å². The third kappa shape index (κ3) is 4.82. The average Bonchev–Trinajstić information content (AvgIpc) is 2.20. The van der Waals surface area contributed by atoms with Crippen LogP contribution < -0.4 is 5.32 Å². The highest BCUT2D eigenvalue weighted by molar-refractivity contribution is 7.99. The fourth-order valence-electron chi connectivity index (χ4n) is 3.33. The third-order valence-corrected chi connectivity index (χ3v) is 5.81. The van der Waals surface area contributed by atoms with Crippen LogP contribution in [0.5, 0.6) is 0 Å². The van der Waals surface area contributed by atoms with E-state index in [9.17, 15) is 0 Å². The summed E-state index contributed by atoms with van der Waals surface area (Å²) in [5, 5.41) is 3.96. The zero-order chi connectivity index (χ0) is 12.1. The second-order valence-electron chi connectivity index (χ2n) is 6.79. The number of hydrogen-bond donors (Lipinski definition) is 1. The first-order chi connectivity index (χ1) is 8.16. The monoisotopic (exact) mass is 255 g/mol. The Balaban J connectivity index is 1.78. The maximum atomic E-state index is 3.96. The van der Waals surface area contributed by atoms with Gasteiger partial charge in [-0.1, -0.05) is 46.0 Å². The smallest absolute Gasteiger partial charge is 0.0166 e. The van der Waals surface area contributed by atoms with Crippen molar-refractivity contribution in [2.75, 3.05) is 11.5 Å². The molecule has 1 saturated heterocycles. The molecule has 0 aromatic carbocycles. The van der Waals surface area contributed by atoms with Gasteiger partial charge in [-0.05, 0) is 30.4 Å². The van der Waals surface area contributed by atoms with Crippen LogP contribution in [0.1, 0.15) is 65.2 Å². The van der Waals surface area contributed by atoms with E-state index in [0.29, 0.717) is 5.41 Å². The summed E-state index contributed by atoms with van der Waals surface area (Å²) in [7, 11) is 0. The fraction of sp³-hybridized carbons (Fsp3) is 1.00. The Morgan fingerprint density at radius 3 is 2.24 bits per heavy atom. The summed E-state index contributed by atoms with van der Waals surface area (Å²) in [4.78, 5) is 0. The quantitative estimate of drug-likeness (QED) is 0.793. The molecule has 0 aromatic rings. The van der Waals surface area contributed by atoms with Gasteiger partial charge in [-0.2, -0.15) is 11.8 Å². The minimum absolute atomic E-state index is 0.544. The molecule has 0 spiro atoms. The van der Waals surface area contributed by atoms with Gasteiger partial charge >= 0.3 is 0 Å². The van der Waals surface area contributed by atoms with Crippen LogP contribution in [0.3, 0.4) is 0 Å². The second-order valence-corrected chi connectivity index (χ2v) is 7.82. The molecular formula is C15H29NS. The van der Waals surface area contributed by atoms with Crippen molar-refractivity contribution < 1.29 is 0 Å². The van der Waals surface area contributed by atoms with Crippen molar-refractivity contribution in [3.8, 4) is 0 Å². The summed E-state index contributed by atoms with van der Waals surface area (Å²) in [6, 6.07) is 1.59. The van der Waals surface area contributed by atoms with Crippen molar-refractivity contribution >= 4 is 11.8 Å². The van der Waals surface area contributed by atoms with Gasteiger partial charge in [0.1, 0.15) is 0 Å². The third-order valence-electron chi connectivity index (χ3n) is 4.19. The Labute approximate surface area is 112 Å². The van der Waals surface area contributed by atoms with E-state index in [-0.39, 0.29) is 0 Å². The molecule has 0 bridgehead atoms. The molecule has 1 heterocycles. The van der Waals surface area contributed by atoms with Crippen LogP contribution in [0.15, 0.2) is 0 Å². The predicted molar refractivity (Wildman–Crippen MR) is 78.8 cm³/mol. The van der Waals surface area contributed by atoms with Gasteiger partial charge in [-0.3, -0.25) is 0 Å². The van der Waals surface area contributed by atoms with Crippen molar-refractivity contribution in [3.05, 3.63) is 0 Å². The summed E-state index contributed by atoms with van der Waals surface area (Å²) < 4.78 is 0. The summed E-state index contributed by atoms with van der Waals surface area (Å²) in [5.74, 6) is 2.68. The van der Waals surface area contributed by atoms with Gasteiger partial charge in [0.2, 0.25) is 0 Å². The molecule has 100 valence electrons. The Hall–Kier alpha value is 0.310. The first kappa shape index (κ1) is 13.7. The molecule has 1 aliphatic heterocycles. The highest BCUT2D eigenvalue weighted by Crippen LogP contribution is 2.34. The van der Waals surface area contributed by atoms with Crippen LogP contribution in [0.25, 0.3) is 0 Å². The first-order valence-electron chi connectivity index (χ1n) is 7.49. The van der Waals surface area contributed by atoms with Gasteiger partial charge < -0.3 is 5.32 Å². The number of hydrogen-bond acceptors (Lipinski definition) is 2. The molecule has 0 radical (unpaired) electrons. The second kappa shape index (κ2) is 6.47. The maximum Gasteiger partial charge on any atom is 0.0166 e. The Kier molecular flexibility index (Phi) is 5.23. The molecule has 2 rings (SSSR count). The van der Waals surface area contributed by atoms with Gasteiger partial charge in [-0.15, -0.1) is 0 Å². The van der Waals surface area contributed by atoms with Crippen molar-refractivity contribution in [3.63, 3.8) is 0 Å². The van der Waals surface area contributed by atoms with E-state index in [0.717, 1.165) is 12.1 Å². The van der Waals surface area contributed by atoms with E-state index < -0.39 is 0 Å². The van der Waals surface area contributed by atoms with Crippen molar-refractivity contribution in [1.82, 2.24) is 5.32 Å². The molecule has 1 nitrogen and oxygen atoms in total. The molecule has 1 atom stereocenters. The normalized spacial score (nSPS) is 31.8. The molecule has 2 heteroatoms. The Bertz CT molecular complexity index is 219. The summed E-state index contributed by atoms with van der Waals surface area (Å²) in [5.41, 5.74) is 0.544. The lowest BCUT2D eigenvalue weighted by atomic mass is 9.87. The molecule has 0 amide bonds. The van der Waals surface area contributed by atoms with Crippen LogP contribution in [-0.4, -0.2) is 23.6 Å². The number of nitrogens with one attached hydrogen (secondary N) is 1. The molecule has 1 unspecified atom stereocenters. The van der Waals surface area contributed by atoms with Crippen LogP contribution in [0, 0.1) is 5.41 Å². The molecule has 17 heavy (non-hydrogen) atoms. The molecule has 2 aliphatic rings. The average molecular weight is 255 g/mol. The summed E-state index contributed by atoms with van der Waals surface area (Å²) in [6.45, 7) is 4.85. The SMILES string of the molecule is CC1(C)CSCC(NC2CCCCCCC2)C1. The minimum Gasteiger partial charge on any atom is -0.310 e. The summed E-state index contributed by atoms with van der Waals surface area (Å²) in [6.07, 6.45) is 11.5. The highest BCUT2D eigenvalue weighted by Gasteiger charge is 2.29. The lowest BCUT2D eigenvalue weighted by Gasteiger charge is -2.37. The first-order valence-corrected chi connectivity index (χ1v) is 8.65. The zero-order valence-electron chi connectivity index (χ0n) is 11.6. The molecular weight excluding hydrogens is 226 g/mol. The number of rotatable bonds is 2. The van der Waals surface area contributed by atoms with Crippen LogP contribution in [0.2, 0.25) is 0 Å². The van der Waals surface area contributed by atoms with E-state index in [4.69, 9.17) is 0 Å². The molecule has 1 N–H and O–H groups in total. The van der Waals surface area contributed by atoms with Crippen LogP contribution in [-0.2, 0) is 0 Å². The minimum atomic E-state index is 0.544. The topological polar surface area (TPSA) is 12.0 Å². The van der Waals surface area contributed by atoms with E-state index in [1.54, 1.807) is 0 Å². The standard InChI is InChI=1S/C15H29NS/c1-15(2)10-14(11-17-12-15)16-13-8-6-4-3-5-7-9-13/h13-14,16H,3-12H2,1-2H3. The van der Waals surface area contributed by atoms with Gasteiger partial charge in [-0.25, -0.2) is 0 Å². The van der Waals surface area contributed by atoms with Gasteiger partial charge in [0.15, 0.2) is 0 Å². The van der Waals surface area contributed by atoms with Gasteiger partial charge in [0.05, 0.1) is 0 Å². The summed E-state index contributed by atoms with van der Waals surface area (Å²) >= 11 is 2.15. The van der Waals surface area contributed by atoms with E-state index in [1.807, 2.05) is 0 Å². The Morgan fingerprint density at radius 1 is 0.941 bits per heavy atom. The fourth-order valence-corrected chi connectivity index (χ4v) is 4.61. The van der Waals surface area contributed by atoms with Crippen LogP contribution >= 0.6 is 11.8 Å². The van der Waals surface area contributed by atoms with Crippen molar-refractivity contribution in [2.45, 2.75) is 77.3 Å². The number of thioether (sulfide) groups is 1. The van der Waals surface area contributed by atoms with E-state index in [1.165, 1.54) is 62.9 Å². The van der Waals surface area contributed by atoms with Crippen LogP contribution in [0.4, 0.5) is 0 Å². The lowest BCUT2D eigenvalue weighted by molar-refractivity contribution is 0.281.